The summed E-state index contributed by atoms with van der Waals surface area (Å²) in [6, 6.07) is 9.52. The van der Waals surface area contributed by atoms with Gasteiger partial charge >= 0.3 is 0 Å². The summed E-state index contributed by atoms with van der Waals surface area (Å²) in [7, 11) is 0. The minimum atomic E-state index is -0.768. The van der Waals surface area contributed by atoms with Crippen molar-refractivity contribution in [3.8, 4) is 11.5 Å². The van der Waals surface area contributed by atoms with Crippen LogP contribution in [0.1, 0.15) is 20.7 Å². The zero-order valence-corrected chi connectivity index (χ0v) is 14.5. The van der Waals surface area contributed by atoms with Gasteiger partial charge in [0.05, 0.1) is 22.3 Å². The first-order valence-corrected chi connectivity index (χ1v) is 8.03. The number of aromatic nitrogens is 2. The van der Waals surface area contributed by atoms with Gasteiger partial charge in [-0.2, -0.15) is 9.78 Å². The number of para-hydroxylation sites is 1. The first-order chi connectivity index (χ1) is 12.9. The zero-order chi connectivity index (χ0) is 19.6. The third-order valence-electron chi connectivity index (χ3n) is 3.68. The van der Waals surface area contributed by atoms with Gasteiger partial charge in [-0.1, -0.05) is 23.7 Å². The standard InChI is InChI=1S/C18H13ClFN3O4/c19-13-3-1-2-4-15(13)27-9-16(25)23-18(21)12(8-22-23)17(26)11-7-10(20)5-6-14(11)24/h1-8,24H,9,21H2. The van der Waals surface area contributed by atoms with E-state index in [4.69, 9.17) is 22.1 Å². The Balaban J connectivity index is 1.80. The number of nitrogen functional groups attached to an aromatic ring is 1. The highest BCUT2D eigenvalue weighted by atomic mass is 35.5. The van der Waals surface area contributed by atoms with Crippen molar-refractivity contribution in [2.45, 2.75) is 0 Å². The molecule has 138 valence electrons. The Bertz CT molecular complexity index is 1040. The van der Waals surface area contributed by atoms with Crippen LogP contribution in [-0.2, 0) is 0 Å². The van der Waals surface area contributed by atoms with Crippen molar-refractivity contribution in [2.24, 2.45) is 0 Å². The third-order valence-corrected chi connectivity index (χ3v) is 3.99. The average molecular weight is 390 g/mol. The molecule has 0 spiro atoms. The van der Waals surface area contributed by atoms with Gasteiger partial charge in [-0.25, -0.2) is 4.39 Å². The van der Waals surface area contributed by atoms with Crippen molar-refractivity contribution in [3.63, 3.8) is 0 Å². The van der Waals surface area contributed by atoms with Gasteiger partial charge in [-0.05, 0) is 30.3 Å². The molecule has 0 aliphatic rings. The fourth-order valence-corrected chi connectivity index (χ4v) is 2.52. The van der Waals surface area contributed by atoms with Crippen LogP contribution in [0.25, 0.3) is 0 Å². The van der Waals surface area contributed by atoms with Crippen LogP contribution in [0, 0.1) is 5.82 Å². The number of hydrogen-bond acceptors (Lipinski definition) is 6. The molecule has 0 aliphatic carbocycles. The molecular formula is C18H13ClFN3O4. The van der Waals surface area contributed by atoms with Crippen LogP contribution in [0.15, 0.2) is 48.7 Å². The van der Waals surface area contributed by atoms with Crippen LogP contribution in [0.3, 0.4) is 0 Å². The molecule has 0 amide bonds. The molecular weight excluding hydrogens is 377 g/mol. The van der Waals surface area contributed by atoms with Gasteiger partial charge in [0.1, 0.15) is 23.1 Å². The van der Waals surface area contributed by atoms with E-state index in [0.29, 0.717) is 10.8 Å². The molecule has 0 radical (unpaired) electrons. The molecule has 0 atom stereocenters. The van der Waals surface area contributed by atoms with Gasteiger partial charge in [-0.15, -0.1) is 0 Å². The SMILES string of the molecule is Nc1c(C(=O)c2cc(F)ccc2O)cnn1C(=O)COc1ccccc1Cl. The molecule has 3 N–H and O–H groups in total. The van der Waals surface area contributed by atoms with Crippen LogP contribution in [-0.4, -0.2) is 33.2 Å². The van der Waals surface area contributed by atoms with E-state index in [1.54, 1.807) is 24.3 Å². The fraction of sp³-hybridized carbons (Fsp3) is 0.0556. The predicted molar refractivity (Wildman–Crippen MR) is 95.7 cm³/mol. The topological polar surface area (TPSA) is 107 Å². The van der Waals surface area contributed by atoms with Gasteiger partial charge in [0.2, 0.25) is 5.78 Å². The Morgan fingerprint density at radius 3 is 2.70 bits per heavy atom. The molecule has 0 bridgehead atoms. The highest BCUT2D eigenvalue weighted by molar-refractivity contribution is 6.32. The Morgan fingerprint density at radius 2 is 1.96 bits per heavy atom. The van der Waals surface area contributed by atoms with E-state index in [-0.39, 0.29) is 16.9 Å². The molecule has 0 saturated heterocycles. The number of ether oxygens (including phenoxy) is 1. The van der Waals surface area contributed by atoms with Crippen molar-refractivity contribution >= 4 is 29.1 Å². The number of phenolic OH excluding ortho intramolecular Hbond substituents is 1. The molecule has 0 fully saturated rings. The predicted octanol–water partition coefficient (Wildman–Crippen LogP) is 2.91. The van der Waals surface area contributed by atoms with E-state index < -0.39 is 29.9 Å². The Hall–Kier alpha value is -3.39. The summed E-state index contributed by atoms with van der Waals surface area (Å²) in [6.45, 7) is -0.422. The van der Waals surface area contributed by atoms with Gasteiger partial charge in [0.25, 0.3) is 5.91 Å². The van der Waals surface area contributed by atoms with Crippen molar-refractivity contribution in [2.75, 3.05) is 12.3 Å². The number of benzene rings is 2. The number of nitrogens with two attached hydrogens (primary N) is 1. The lowest BCUT2D eigenvalue weighted by Crippen LogP contribution is -2.22. The molecule has 9 heteroatoms. The first-order valence-electron chi connectivity index (χ1n) is 7.65. The van der Waals surface area contributed by atoms with Crippen molar-refractivity contribution < 1.29 is 23.8 Å². The van der Waals surface area contributed by atoms with Crippen molar-refractivity contribution in [1.29, 1.82) is 0 Å². The smallest absolute Gasteiger partial charge is 0.286 e. The van der Waals surface area contributed by atoms with Gasteiger partial charge in [0.15, 0.2) is 6.61 Å². The molecule has 2 aromatic carbocycles. The molecule has 27 heavy (non-hydrogen) atoms. The lowest BCUT2D eigenvalue weighted by atomic mass is 10.0. The number of carbonyl (C=O) groups excluding carboxylic acids is 2. The minimum absolute atomic E-state index is 0.151. The molecule has 3 rings (SSSR count). The quantitative estimate of drug-likeness (QED) is 0.650. The molecule has 3 aromatic rings. The number of nitrogens with zero attached hydrogens (tertiary/aromatic N) is 2. The number of halogens is 2. The maximum absolute atomic E-state index is 13.4. The van der Waals surface area contributed by atoms with Crippen molar-refractivity contribution in [1.82, 2.24) is 9.78 Å². The normalized spacial score (nSPS) is 10.6. The number of carbonyl (C=O) groups is 2. The largest absolute Gasteiger partial charge is 0.507 e. The maximum Gasteiger partial charge on any atom is 0.286 e. The zero-order valence-electron chi connectivity index (χ0n) is 13.7. The van der Waals surface area contributed by atoms with Gasteiger partial charge in [-0.3, -0.25) is 9.59 Å². The van der Waals surface area contributed by atoms with E-state index in [1.807, 2.05) is 0 Å². The van der Waals surface area contributed by atoms with E-state index in [2.05, 4.69) is 5.10 Å². The summed E-state index contributed by atoms with van der Waals surface area (Å²) in [6.07, 6.45) is 1.06. The summed E-state index contributed by atoms with van der Waals surface area (Å²) in [5, 5.41) is 13.9. The summed E-state index contributed by atoms with van der Waals surface area (Å²) in [5.74, 6) is -2.48. The Kier molecular flexibility index (Phi) is 5.09. The second kappa shape index (κ2) is 7.46. The van der Waals surface area contributed by atoms with Crippen LogP contribution in [0.2, 0.25) is 5.02 Å². The fourth-order valence-electron chi connectivity index (χ4n) is 2.33. The molecule has 0 aliphatic heterocycles. The lowest BCUT2D eigenvalue weighted by Gasteiger charge is -2.08. The highest BCUT2D eigenvalue weighted by Crippen LogP contribution is 2.25. The minimum Gasteiger partial charge on any atom is -0.507 e. The number of anilines is 1. The van der Waals surface area contributed by atoms with E-state index in [0.717, 1.165) is 29.1 Å². The number of phenols is 1. The number of ketones is 1. The van der Waals surface area contributed by atoms with E-state index >= 15 is 0 Å². The monoisotopic (exact) mass is 389 g/mol. The van der Waals surface area contributed by atoms with Crippen LogP contribution in [0.5, 0.6) is 11.5 Å². The first kappa shape index (κ1) is 18.4. The highest BCUT2D eigenvalue weighted by Gasteiger charge is 2.23. The van der Waals surface area contributed by atoms with E-state index in [1.165, 1.54) is 0 Å². The van der Waals surface area contributed by atoms with Crippen molar-refractivity contribution in [3.05, 3.63) is 70.6 Å². The lowest BCUT2D eigenvalue weighted by molar-refractivity contribution is 0.0824. The van der Waals surface area contributed by atoms with Gasteiger partial charge in [0, 0.05) is 0 Å². The van der Waals surface area contributed by atoms with Gasteiger partial charge < -0.3 is 15.6 Å². The molecule has 1 heterocycles. The van der Waals surface area contributed by atoms with Crippen LogP contribution in [0.4, 0.5) is 10.2 Å². The third kappa shape index (κ3) is 3.75. The molecule has 0 unspecified atom stereocenters. The van der Waals surface area contributed by atoms with Crippen LogP contribution >= 0.6 is 11.6 Å². The summed E-state index contributed by atoms with van der Waals surface area (Å²) < 4.78 is 19.5. The Labute approximate surface area is 157 Å². The molecule has 7 nitrogen and oxygen atoms in total. The number of hydrogen-bond donors (Lipinski definition) is 2. The second-order valence-corrected chi connectivity index (χ2v) is 5.87. The molecule has 1 aromatic heterocycles. The van der Waals surface area contributed by atoms with E-state index in [9.17, 15) is 19.1 Å². The summed E-state index contributed by atoms with van der Waals surface area (Å²) in [4.78, 5) is 24.8. The van der Waals surface area contributed by atoms with Crippen LogP contribution < -0.4 is 10.5 Å². The summed E-state index contributed by atoms with van der Waals surface area (Å²) in [5.41, 5.74) is 5.39. The molecule has 0 saturated carbocycles. The average Bonchev–Trinajstić information content (AvgIpc) is 3.03. The maximum atomic E-state index is 13.4. The summed E-state index contributed by atoms with van der Waals surface area (Å²) >= 11 is 5.94. The second-order valence-electron chi connectivity index (χ2n) is 5.46. The Morgan fingerprint density at radius 1 is 1.22 bits per heavy atom. The number of rotatable bonds is 5. The number of aromatic hydroxyl groups is 1.